The van der Waals surface area contributed by atoms with Crippen LogP contribution in [0.15, 0.2) is 44.9 Å². The number of nitrogens with zero attached hydrogens (tertiary/aromatic N) is 3. The van der Waals surface area contributed by atoms with E-state index in [2.05, 4.69) is 11.9 Å². The van der Waals surface area contributed by atoms with Gasteiger partial charge >= 0.3 is 5.69 Å². The van der Waals surface area contributed by atoms with Crippen molar-refractivity contribution in [1.29, 1.82) is 0 Å². The molecule has 0 saturated heterocycles. The number of pyridine rings is 1. The monoisotopic (exact) mass is 387 g/mol. The van der Waals surface area contributed by atoms with Crippen molar-refractivity contribution in [2.45, 2.75) is 36.8 Å². The molecule has 142 valence electrons. The first-order valence-corrected chi connectivity index (χ1v) is 9.87. The molecular weight excluding hydrogens is 365 g/mol. The molecule has 0 atom stereocenters. The van der Waals surface area contributed by atoms with E-state index in [9.17, 15) is 14.0 Å². The van der Waals surface area contributed by atoms with Gasteiger partial charge in [-0.15, -0.1) is 11.8 Å². The van der Waals surface area contributed by atoms with Crippen molar-refractivity contribution in [2.24, 2.45) is 14.1 Å². The lowest BCUT2D eigenvalue weighted by molar-refractivity contribution is 0.627. The van der Waals surface area contributed by atoms with Gasteiger partial charge in [0.1, 0.15) is 11.5 Å². The second-order valence-corrected chi connectivity index (χ2v) is 7.52. The zero-order chi connectivity index (χ0) is 19.6. The van der Waals surface area contributed by atoms with Crippen LogP contribution in [-0.4, -0.2) is 14.1 Å². The molecule has 0 saturated carbocycles. The van der Waals surface area contributed by atoms with E-state index in [0.717, 1.165) is 39.9 Å². The van der Waals surface area contributed by atoms with Gasteiger partial charge in [-0.05, 0) is 36.1 Å². The van der Waals surface area contributed by atoms with Gasteiger partial charge in [0.05, 0.1) is 5.39 Å². The van der Waals surface area contributed by atoms with Crippen molar-refractivity contribution in [2.75, 3.05) is 0 Å². The SMILES string of the molecule is CCCCc1cnc2c(c1SCc1ccc(F)cc1)c(=O)n(C)c(=O)n2C. The molecule has 0 aliphatic heterocycles. The fourth-order valence-corrected chi connectivity index (χ4v) is 4.15. The number of hydrogen-bond acceptors (Lipinski definition) is 4. The van der Waals surface area contributed by atoms with Gasteiger partial charge in [-0.25, -0.2) is 14.2 Å². The standard InChI is InChI=1S/C20H22FN3O2S/c1-4-5-6-14-11-22-18-16(19(25)24(3)20(26)23(18)2)17(14)27-12-13-7-9-15(21)10-8-13/h7-11H,4-6,12H2,1-3H3. The normalized spacial score (nSPS) is 11.3. The number of aryl methyl sites for hydroxylation is 2. The summed E-state index contributed by atoms with van der Waals surface area (Å²) < 4.78 is 15.7. The zero-order valence-corrected chi connectivity index (χ0v) is 16.5. The second-order valence-electron chi connectivity index (χ2n) is 6.54. The van der Waals surface area contributed by atoms with E-state index >= 15 is 0 Å². The summed E-state index contributed by atoms with van der Waals surface area (Å²) in [5.41, 5.74) is 1.64. The lowest BCUT2D eigenvalue weighted by Crippen LogP contribution is -2.37. The van der Waals surface area contributed by atoms with Gasteiger partial charge in [-0.1, -0.05) is 25.5 Å². The average Bonchev–Trinajstić information content (AvgIpc) is 2.68. The maximum Gasteiger partial charge on any atom is 0.332 e. The summed E-state index contributed by atoms with van der Waals surface area (Å²) in [4.78, 5) is 30.3. The predicted octanol–water partition coefficient (Wildman–Crippen LogP) is 3.41. The molecule has 27 heavy (non-hydrogen) atoms. The molecule has 0 radical (unpaired) electrons. The Bertz CT molecular complexity index is 1090. The summed E-state index contributed by atoms with van der Waals surface area (Å²) in [6.45, 7) is 2.11. The van der Waals surface area contributed by atoms with Crippen molar-refractivity contribution in [3.8, 4) is 0 Å². The fraction of sp³-hybridized carbons (Fsp3) is 0.350. The first-order chi connectivity index (χ1) is 12.9. The van der Waals surface area contributed by atoms with Crippen molar-refractivity contribution < 1.29 is 4.39 Å². The zero-order valence-electron chi connectivity index (χ0n) is 15.7. The van der Waals surface area contributed by atoms with E-state index in [1.165, 1.54) is 35.5 Å². The molecule has 7 heteroatoms. The molecule has 3 rings (SSSR count). The summed E-state index contributed by atoms with van der Waals surface area (Å²) in [6.07, 6.45) is 4.61. The molecule has 0 amide bonds. The number of hydrogen-bond donors (Lipinski definition) is 0. The molecule has 0 aliphatic carbocycles. The molecule has 0 unspecified atom stereocenters. The number of rotatable bonds is 6. The number of aromatic nitrogens is 3. The topological polar surface area (TPSA) is 56.9 Å². The van der Waals surface area contributed by atoms with Crippen molar-refractivity contribution in [1.82, 2.24) is 14.1 Å². The van der Waals surface area contributed by atoms with Gasteiger partial charge in [0, 0.05) is 30.9 Å². The first kappa shape index (κ1) is 19.4. The molecule has 3 aromatic rings. The van der Waals surface area contributed by atoms with Crippen LogP contribution < -0.4 is 11.2 Å². The molecule has 2 heterocycles. The molecule has 5 nitrogen and oxygen atoms in total. The van der Waals surface area contributed by atoms with Crippen molar-refractivity contribution in [3.05, 3.63) is 68.2 Å². The Morgan fingerprint density at radius 1 is 1.11 bits per heavy atom. The number of thioether (sulfide) groups is 1. The van der Waals surface area contributed by atoms with E-state index in [1.54, 1.807) is 25.4 Å². The van der Waals surface area contributed by atoms with E-state index in [-0.39, 0.29) is 11.4 Å². The van der Waals surface area contributed by atoms with Gasteiger partial charge in [0.25, 0.3) is 5.56 Å². The number of halogens is 1. The maximum atomic E-state index is 13.1. The number of unbranched alkanes of at least 4 members (excludes halogenated alkanes) is 1. The highest BCUT2D eigenvalue weighted by atomic mass is 32.2. The van der Waals surface area contributed by atoms with Crippen LogP contribution >= 0.6 is 11.8 Å². The van der Waals surface area contributed by atoms with Crippen LogP contribution in [0.25, 0.3) is 11.0 Å². The third kappa shape index (κ3) is 3.83. The summed E-state index contributed by atoms with van der Waals surface area (Å²) in [7, 11) is 3.11. The van der Waals surface area contributed by atoms with E-state index in [1.807, 2.05) is 0 Å². The van der Waals surface area contributed by atoms with E-state index < -0.39 is 5.69 Å². The van der Waals surface area contributed by atoms with Gasteiger partial charge in [-0.3, -0.25) is 13.9 Å². The molecular formula is C20H22FN3O2S. The Kier molecular flexibility index (Phi) is 5.79. The largest absolute Gasteiger partial charge is 0.332 e. The second kappa shape index (κ2) is 8.08. The summed E-state index contributed by atoms with van der Waals surface area (Å²) >= 11 is 1.53. The average molecular weight is 387 g/mol. The molecule has 0 bridgehead atoms. The van der Waals surface area contributed by atoms with Gasteiger partial charge < -0.3 is 0 Å². The summed E-state index contributed by atoms with van der Waals surface area (Å²) in [5.74, 6) is 0.329. The van der Waals surface area contributed by atoms with Gasteiger partial charge in [0.2, 0.25) is 0 Å². The van der Waals surface area contributed by atoms with Crippen LogP contribution in [0.1, 0.15) is 30.9 Å². The molecule has 0 aliphatic rings. The minimum Gasteiger partial charge on any atom is -0.280 e. The smallest absolute Gasteiger partial charge is 0.280 e. The van der Waals surface area contributed by atoms with Crippen molar-refractivity contribution >= 4 is 22.8 Å². The molecule has 2 aromatic heterocycles. The van der Waals surface area contributed by atoms with Crippen LogP contribution in [0.2, 0.25) is 0 Å². The highest BCUT2D eigenvalue weighted by molar-refractivity contribution is 7.98. The Labute approximate surface area is 160 Å². The quantitative estimate of drug-likeness (QED) is 0.608. The van der Waals surface area contributed by atoms with Crippen LogP contribution in [0.3, 0.4) is 0 Å². The van der Waals surface area contributed by atoms with Gasteiger partial charge in [0.15, 0.2) is 0 Å². The highest BCUT2D eigenvalue weighted by Crippen LogP contribution is 2.31. The minimum atomic E-state index is -0.393. The van der Waals surface area contributed by atoms with Crippen LogP contribution in [0, 0.1) is 5.82 Å². The maximum absolute atomic E-state index is 13.1. The predicted molar refractivity (Wildman–Crippen MR) is 107 cm³/mol. The molecule has 0 spiro atoms. The third-order valence-electron chi connectivity index (χ3n) is 4.59. The Hall–Kier alpha value is -2.41. The third-order valence-corrected chi connectivity index (χ3v) is 5.82. The minimum absolute atomic E-state index is 0.273. The molecule has 0 fully saturated rings. The molecule has 1 aromatic carbocycles. The Morgan fingerprint density at radius 3 is 2.48 bits per heavy atom. The Balaban J connectivity index is 2.14. The number of fused-ring (bicyclic) bond motifs is 1. The summed E-state index contributed by atoms with van der Waals surface area (Å²) in [6, 6.07) is 6.35. The van der Waals surface area contributed by atoms with E-state index in [0.29, 0.717) is 16.8 Å². The lowest BCUT2D eigenvalue weighted by Gasteiger charge is -2.14. The van der Waals surface area contributed by atoms with Crippen molar-refractivity contribution in [3.63, 3.8) is 0 Å². The van der Waals surface area contributed by atoms with Crippen LogP contribution in [0.5, 0.6) is 0 Å². The van der Waals surface area contributed by atoms with Gasteiger partial charge in [-0.2, -0.15) is 0 Å². The molecule has 0 N–H and O–H groups in total. The lowest BCUT2D eigenvalue weighted by atomic mass is 10.1. The first-order valence-electron chi connectivity index (χ1n) is 8.88. The van der Waals surface area contributed by atoms with Crippen LogP contribution in [-0.2, 0) is 26.3 Å². The highest BCUT2D eigenvalue weighted by Gasteiger charge is 2.17. The Morgan fingerprint density at radius 2 is 1.81 bits per heavy atom. The van der Waals surface area contributed by atoms with E-state index in [4.69, 9.17) is 0 Å². The van der Waals surface area contributed by atoms with Crippen LogP contribution in [0.4, 0.5) is 4.39 Å². The fourth-order valence-electron chi connectivity index (χ4n) is 2.99. The number of benzene rings is 1. The summed E-state index contributed by atoms with van der Waals surface area (Å²) in [5, 5.41) is 0.473.